The van der Waals surface area contributed by atoms with Gasteiger partial charge in [0.15, 0.2) is 0 Å². The van der Waals surface area contributed by atoms with Crippen LogP contribution in [0.3, 0.4) is 0 Å². The summed E-state index contributed by atoms with van der Waals surface area (Å²) in [5.74, 6) is 0.212. The van der Waals surface area contributed by atoms with Gasteiger partial charge in [-0.05, 0) is 37.9 Å². The lowest BCUT2D eigenvalue weighted by molar-refractivity contribution is -0.0540. The number of piperidine rings is 1. The van der Waals surface area contributed by atoms with Crippen LogP contribution in [-0.4, -0.2) is 35.2 Å². The Balaban J connectivity index is 1.77. The summed E-state index contributed by atoms with van der Waals surface area (Å²) >= 11 is 0. The number of hydrogen-bond donors (Lipinski definition) is 1. The maximum Gasteiger partial charge on any atom is 0.128 e. The number of fused-ring (bicyclic) bond motifs is 1. The van der Waals surface area contributed by atoms with E-state index in [1.165, 1.54) is 12.1 Å². The lowest BCUT2D eigenvalue weighted by Gasteiger charge is -2.46. The number of hydrogen-bond acceptors (Lipinski definition) is 3. The second-order valence-corrected chi connectivity index (χ2v) is 6.03. The molecule has 1 spiro atoms. The van der Waals surface area contributed by atoms with Crippen molar-refractivity contribution in [1.29, 1.82) is 0 Å². The predicted molar refractivity (Wildman–Crippen MR) is 75.3 cm³/mol. The molecule has 110 valence electrons. The van der Waals surface area contributed by atoms with Crippen LogP contribution in [0.5, 0.6) is 5.75 Å². The highest BCUT2D eigenvalue weighted by Gasteiger charge is 2.42. The topological polar surface area (TPSA) is 32.7 Å². The van der Waals surface area contributed by atoms with Crippen molar-refractivity contribution >= 4 is 0 Å². The molecule has 3 nitrogen and oxygen atoms in total. The molecule has 4 heteroatoms. The molecule has 0 bridgehead atoms. The molecule has 1 saturated heterocycles. The van der Waals surface area contributed by atoms with Crippen LogP contribution < -0.4 is 4.74 Å². The number of aliphatic hydroxyl groups is 1. The van der Waals surface area contributed by atoms with Gasteiger partial charge in [0.2, 0.25) is 0 Å². The monoisotopic (exact) mass is 279 g/mol. The van der Waals surface area contributed by atoms with E-state index in [0.29, 0.717) is 17.7 Å². The molecule has 20 heavy (non-hydrogen) atoms. The summed E-state index contributed by atoms with van der Waals surface area (Å²) in [4.78, 5) is 2.43. The highest BCUT2D eigenvalue weighted by Crippen LogP contribution is 2.44. The van der Waals surface area contributed by atoms with Crippen LogP contribution >= 0.6 is 0 Å². The van der Waals surface area contributed by atoms with Crippen molar-refractivity contribution in [2.24, 2.45) is 0 Å². The molecule has 2 aliphatic heterocycles. The van der Waals surface area contributed by atoms with Gasteiger partial charge in [-0.2, -0.15) is 0 Å². The van der Waals surface area contributed by atoms with Gasteiger partial charge in [0.25, 0.3) is 0 Å². The van der Waals surface area contributed by atoms with Gasteiger partial charge in [-0.3, -0.25) is 0 Å². The predicted octanol–water partition coefficient (Wildman–Crippen LogP) is 2.89. The SMILES string of the molecule is CCCN1CCC2(CC1)CC(O)c1ccc(F)cc1O2. The number of benzene rings is 1. The van der Waals surface area contributed by atoms with Gasteiger partial charge in [0.1, 0.15) is 17.2 Å². The Hall–Kier alpha value is -1.13. The molecule has 1 fully saturated rings. The van der Waals surface area contributed by atoms with Gasteiger partial charge in [0, 0.05) is 31.1 Å². The summed E-state index contributed by atoms with van der Waals surface area (Å²) < 4.78 is 19.5. The number of likely N-dealkylation sites (tertiary alicyclic amines) is 1. The highest BCUT2D eigenvalue weighted by molar-refractivity contribution is 5.38. The highest BCUT2D eigenvalue weighted by atomic mass is 19.1. The molecule has 1 aromatic carbocycles. The Labute approximate surface area is 119 Å². The van der Waals surface area contributed by atoms with Crippen LogP contribution in [0.25, 0.3) is 0 Å². The Morgan fingerprint density at radius 1 is 1.40 bits per heavy atom. The summed E-state index contributed by atoms with van der Waals surface area (Å²) in [5.41, 5.74) is 0.401. The number of ether oxygens (including phenoxy) is 1. The van der Waals surface area contributed by atoms with Crippen molar-refractivity contribution < 1.29 is 14.2 Å². The average molecular weight is 279 g/mol. The fourth-order valence-electron chi connectivity index (χ4n) is 3.42. The average Bonchev–Trinajstić information content (AvgIpc) is 2.41. The maximum atomic E-state index is 13.4. The number of nitrogens with zero attached hydrogens (tertiary/aromatic N) is 1. The molecule has 2 aliphatic rings. The van der Waals surface area contributed by atoms with E-state index in [4.69, 9.17) is 4.74 Å². The van der Waals surface area contributed by atoms with Crippen molar-refractivity contribution in [2.45, 2.75) is 44.3 Å². The number of aliphatic hydroxyl groups excluding tert-OH is 1. The standard InChI is InChI=1S/C16H22FNO2/c1-2-7-18-8-5-16(6-9-18)11-14(19)13-4-3-12(17)10-15(13)20-16/h3-4,10,14,19H,2,5-9,11H2,1H3. The Morgan fingerprint density at radius 2 is 2.15 bits per heavy atom. The van der Waals surface area contributed by atoms with Crippen molar-refractivity contribution in [3.63, 3.8) is 0 Å². The molecule has 0 aromatic heterocycles. The first kappa shape index (κ1) is 13.8. The minimum absolute atomic E-state index is 0.309. The third kappa shape index (κ3) is 2.54. The van der Waals surface area contributed by atoms with Crippen LogP contribution in [0, 0.1) is 5.82 Å². The molecule has 0 amide bonds. The van der Waals surface area contributed by atoms with Gasteiger partial charge in [-0.15, -0.1) is 0 Å². The van der Waals surface area contributed by atoms with E-state index in [0.717, 1.165) is 38.9 Å². The van der Waals surface area contributed by atoms with E-state index in [1.807, 2.05) is 0 Å². The quantitative estimate of drug-likeness (QED) is 0.903. The lowest BCUT2D eigenvalue weighted by atomic mass is 9.81. The fraction of sp³-hybridized carbons (Fsp3) is 0.625. The van der Waals surface area contributed by atoms with Crippen molar-refractivity contribution in [3.05, 3.63) is 29.6 Å². The molecular formula is C16H22FNO2. The summed E-state index contributed by atoms with van der Waals surface area (Å²) in [5, 5.41) is 10.3. The summed E-state index contributed by atoms with van der Waals surface area (Å²) in [6, 6.07) is 4.42. The van der Waals surface area contributed by atoms with Crippen molar-refractivity contribution in [3.8, 4) is 5.75 Å². The van der Waals surface area contributed by atoms with Crippen LogP contribution in [-0.2, 0) is 0 Å². The molecular weight excluding hydrogens is 257 g/mol. The van der Waals surface area contributed by atoms with E-state index in [2.05, 4.69) is 11.8 Å². The van der Waals surface area contributed by atoms with Crippen molar-refractivity contribution in [1.82, 2.24) is 4.90 Å². The molecule has 2 heterocycles. The zero-order chi connectivity index (χ0) is 14.2. The fourth-order valence-corrected chi connectivity index (χ4v) is 3.42. The van der Waals surface area contributed by atoms with Crippen molar-refractivity contribution in [2.75, 3.05) is 19.6 Å². The molecule has 0 radical (unpaired) electrons. The minimum Gasteiger partial charge on any atom is -0.487 e. The largest absolute Gasteiger partial charge is 0.487 e. The van der Waals surface area contributed by atoms with Gasteiger partial charge >= 0.3 is 0 Å². The summed E-state index contributed by atoms with van der Waals surface area (Å²) in [7, 11) is 0. The first-order valence-corrected chi connectivity index (χ1v) is 7.51. The Kier molecular flexibility index (Phi) is 3.69. The molecule has 1 N–H and O–H groups in total. The molecule has 0 saturated carbocycles. The van der Waals surface area contributed by atoms with E-state index in [1.54, 1.807) is 6.07 Å². The lowest BCUT2D eigenvalue weighted by Crippen LogP contribution is -2.50. The smallest absolute Gasteiger partial charge is 0.128 e. The zero-order valence-corrected chi connectivity index (χ0v) is 11.9. The van der Waals surface area contributed by atoms with Gasteiger partial charge in [-0.1, -0.05) is 6.92 Å². The zero-order valence-electron chi connectivity index (χ0n) is 11.9. The second-order valence-electron chi connectivity index (χ2n) is 6.03. The number of rotatable bonds is 2. The molecule has 1 atom stereocenters. The normalized spacial score (nSPS) is 25.2. The molecule has 1 aromatic rings. The Bertz CT molecular complexity index is 483. The maximum absolute atomic E-state index is 13.4. The minimum atomic E-state index is -0.544. The summed E-state index contributed by atoms with van der Waals surface area (Å²) in [6.07, 6.45) is 3.04. The summed E-state index contributed by atoms with van der Waals surface area (Å²) in [6.45, 7) is 5.28. The van der Waals surface area contributed by atoms with E-state index < -0.39 is 6.10 Å². The van der Waals surface area contributed by atoms with Crippen LogP contribution in [0.1, 0.15) is 44.3 Å². The van der Waals surface area contributed by atoms with E-state index in [9.17, 15) is 9.50 Å². The Morgan fingerprint density at radius 3 is 2.85 bits per heavy atom. The van der Waals surface area contributed by atoms with Crippen LogP contribution in [0.2, 0.25) is 0 Å². The van der Waals surface area contributed by atoms with Crippen LogP contribution in [0.15, 0.2) is 18.2 Å². The van der Waals surface area contributed by atoms with E-state index >= 15 is 0 Å². The first-order chi connectivity index (χ1) is 9.62. The molecule has 1 unspecified atom stereocenters. The molecule has 3 rings (SSSR count). The van der Waals surface area contributed by atoms with Gasteiger partial charge in [-0.25, -0.2) is 4.39 Å². The number of halogens is 1. The third-order valence-corrected chi connectivity index (χ3v) is 4.53. The van der Waals surface area contributed by atoms with E-state index in [-0.39, 0.29) is 11.4 Å². The first-order valence-electron chi connectivity index (χ1n) is 7.51. The van der Waals surface area contributed by atoms with Crippen LogP contribution in [0.4, 0.5) is 4.39 Å². The second kappa shape index (κ2) is 5.34. The van der Waals surface area contributed by atoms with Gasteiger partial charge < -0.3 is 14.7 Å². The third-order valence-electron chi connectivity index (χ3n) is 4.53. The molecule has 0 aliphatic carbocycles. The van der Waals surface area contributed by atoms with Gasteiger partial charge in [0.05, 0.1) is 6.10 Å².